The zero-order valence-electron chi connectivity index (χ0n) is 12.7. The van der Waals surface area contributed by atoms with Gasteiger partial charge in [0, 0.05) is 6.54 Å². The molecule has 124 valence electrons. The number of thiophene rings is 1. The van der Waals surface area contributed by atoms with Gasteiger partial charge >= 0.3 is 6.03 Å². The maximum Gasteiger partial charge on any atom is 0.315 e. The lowest BCUT2D eigenvalue weighted by atomic mass is 10.2. The maximum atomic E-state index is 13.4. The highest BCUT2D eigenvalue weighted by Gasteiger charge is 2.12. The second-order valence-electron chi connectivity index (χ2n) is 5.02. The van der Waals surface area contributed by atoms with Crippen molar-refractivity contribution in [2.75, 3.05) is 13.1 Å². The minimum atomic E-state index is -0.737. The lowest BCUT2D eigenvalue weighted by molar-refractivity contribution is 0.171. The first-order chi connectivity index (χ1) is 11.1. The van der Waals surface area contributed by atoms with Crippen molar-refractivity contribution in [2.45, 2.75) is 19.1 Å². The average Bonchev–Trinajstić information content (AvgIpc) is 3.07. The molecule has 2 rings (SSSR count). The molecule has 7 heteroatoms. The summed E-state index contributed by atoms with van der Waals surface area (Å²) in [7, 11) is 0. The molecule has 0 spiro atoms. The fraction of sp³-hybridized carbons (Fsp3) is 0.312. The zero-order valence-corrected chi connectivity index (χ0v) is 13.5. The molecular weight excluding hydrogens is 319 g/mol. The Morgan fingerprint density at radius 2 is 2.04 bits per heavy atom. The molecule has 2 aromatic rings. The predicted octanol–water partition coefficient (Wildman–Crippen LogP) is 2.69. The van der Waals surface area contributed by atoms with Gasteiger partial charge in [0.15, 0.2) is 11.6 Å². The van der Waals surface area contributed by atoms with E-state index < -0.39 is 18.0 Å². The summed E-state index contributed by atoms with van der Waals surface area (Å²) in [6.45, 7) is 2.06. The van der Waals surface area contributed by atoms with Crippen LogP contribution in [0.25, 0.3) is 0 Å². The lowest BCUT2D eigenvalue weighted by Crippen LogP contribution is -2.41. The molecule has 0 saturated heterocycles. The minimum absolute atomic E-state index is 0.116. The second-order valence-corrected chi connectivity index (χ2v) is 5.80. The molecule has 23 heavy (non-hydrogen) atoms. The van der Waals surface area contributed by atoms with Crippen LogP contribution in [0, 0.1) is 5.82 Å². The van der Waals surface area contributed by atoms with Gasteiger partial charge < -0.3 is 20.5 Å². The second kappa shape index (κ2) is 8.50. The van der Waals surface area contributed by atoms with Crippen LogP contribution in [0.4, 0.5) is 9.18 Å². The summed E-state index contributed by atoms with van der Waals surface area (Å²) >= 11 is 1.48. The number of nitrogens with one attached hydrogen (secondary N) is 2. The Hall–Kier alpha value is -2.12. The Balaban J connectivity index is 1.68. The lowest BCUT2D eigenvalue weighted by Gasteiger charge is -2.17. The van der Waals surface area contributed by atoms with E-state index in [4.69, 9.17) is 4.74 Å². The Bertz CT molecular complexity index is 622. The van der Waals surface area contributed by atoms with Crippen molar-refractivity contribution >= 4 is 17.4 Å². The molecule has 1 heterocycles. The normalized spacial score (nSPS) is 13.2. The first-order valence-electron chi connectivity index (χ1n) is 7.19. The van der Waals surface area contributed by atoms with Gasteiger partial charge in [0.1, 0.15) is 6.10 Å². The number of carbonyl (C=O) groups excluding carboxylic acids is 1. The Morgan fingerprint density at radius 3 is 2.74 bits per heavy atom. The van der Waals surface area contributed by atoms with Gasteiger partial charge in [0.25, 0.3) is 0 Å². The van der Waals surface area contributed by atoms with Gasteiger partial charge in [-0.1, -0.05) is 12.1 Å². The first-order valence-corrected chi connectivity index (χ1v) is 8.13. The van der Waals surface area contributed by atoms with Crippen molar-refractivity contribution in [1.82, 2.24) is 10.6 Å². The molecular formula is C16H19FN2O3S. The summed E-state index contributed by atoms with van der Waals surface area (Å²) in [5.41, 5.74) is 0.770. The monoisotopic (exact) mass is 338 g/mol. The summed E-state index contributed by atoms with van der Waals surface area (Å²) in [5.74, 6) is -0.294. The van der Waals surface area contributed by atoms with Crippen LogP contribution in [0.5, 0.6) is 5.75 Å². The first kappa shape index (κ1) is 17.2. The van der Waals surface area contributed by atoms with Gasteiger partial charge in [-0.05, 0) is 41.4 Å². The number of halogens is 1. The molecule has 3 N–H and O–H groups in total. The van der Waals surface area contributed by atoms with E-state index >= 15 is 0 Å². The number of amides is 2. The predicted molar refractivity (Wildman–Crippen MR) is 87.2 cm³/mol. The van der Waals surface area contributed by atoms with Crippen LogP contribution >= 0.6 is 11.3 Å². The van der Waals surface area contributed by atoms with E-state index in [1.165, 1.54) is 23.5 Å². The fourth-order valence-electron chi connectivity index (χ4n) is 1.87. The van der Waals surface area contributed by atoms with Crippen LogP contribution in [0.1, 0.15) is 18.6 Å². The highest BCUT2D eigenvalue weighted by atomic mass is 32.1. The number of hydrogen-bond acceptors (Lipinski definition) is 4. The van der Waals surface area contributed by atoms with E-state index in [0.717, 1.165) is 5.56 Å². The van der Waals surface area contributed by atoms with Crippen molar-refractivity contribution < 1.29 is 19.0 Å². The molecule has 0 aliphatic carbocycles. The molecule has 0 fully saturated rings. The number of hydrogen-bond donors (Lipinski definition) is 3. The number of carbonyl (C=O) groups is 1. The molecule has 2 atom stereocenters. The molecule has 0 unspecified atom stereocenters. The molecule has 0 aliphatic rings. The van der Waals surface area contributed by atoms with Crippen LogP contribution in [-0.2, 0) is 0 Å². The van der Waals surface area contributed by atoms with Crippen LogP contribution in [-0.4, -0.2) is 30.3 Å². The molecule has 0 bridgehead atoms. The Labute approximate surface area is 138 Å². The number of urea groups is 1. The zero-order chi connectivity index (χ0) is 16.7. The van der Waals surface area contributed by atoms with Crippen molar-refractivity contribution in [2.24, 2.45) is 0 Å². The summed E-state index contributed by atoms with van der Waals surface area (Å²) in [6.07, 6.45) is -1.13. The summed E-state index contributed by atoms with van der Waals surface area (Å²) in [6, 6.07) is 7.49. The van der Waals surface area contributed by atoms with Crippen LogP contribution in [0.15, 0.2) is 41.1 Å². The number of rotatable bonds is 7. The van der Waals surface area contributed by atoms with E-state index in [9.17, 15) is 14.3 Å². The summed E-state index contributed by atoms with van der Waals surface area (Å²) in [4.78, 5) is 11.7. The molecule has 0 aliphatic heterocycles. The van der Waals surface area contributed by atoms with Gasteiger partial charge in [0.2, 0.25) is 0 Å². The van der Waals surface area contributed by atoms with E-state index in [1.54, 1.807) is 25.1 Å². The smallest absolute Gasteiger partial charge is 0.315 e. The third kappa shape index (κ3) is 5.54. The topological polar surface area (TPSA) is 70.6 Å². The number of ether oxygens (including phenoxy) is 1. The molecule has 0 radical (unpaired) electrons. The van der Waals surface area contributed by atoms with E-state index in [1.807, 2.05) is 10.8 Å². The van der Waals surface area contributed by atoms with Crippen molar-refractivity contribution in [3.63, 3.8) is 0 Å². The molecule has 2 amide bonds. The fourth-order valence-corrected chi connectivity index (χ4v) is 2.58. The van der Waals surface area contributed by atoms with Crippen LogP contribution < -0.4 is 15.4 Å². The van der Waals surface area contributed by atoms with Gasteiger partial charge in [-0.3, -0.25) is 0 Å². The minimum Gasteiger partial charge on any atom is -0.486 e. The third-order valence-corrected chi connectivity index (χ3v) is 3.80. The van der Waals surface area contributed by atoms with Crippen LogP contribution in [0.3, 0.4) is 0 Å². The van der Waals surface area contributed by atoms with Crippen molar-refractivity contribution in [1.29, 1.82) is 0 Å². The molecule has 1 aromatic carbocycles. The molecule has 5 nitrogen and oxygen atoms in total. The highest BCUT2D eigenvalue weighted by molar-refractivity contribution is 7.07. The Morgan fingerprint density at radius 1 is 1.30 bits per heavy atom. The molecule has 0 saturated carbocycles. The van der Waals surface area contributed by atoms with E-state index in [-0.39, 0.29) is 24.9 Å². The van der Waals surface area contributed by atoms with Crippen molar-refractivity contribution in [3.8, 4) is 5.75 Å². The number of aliphatic hydroxyl groups is 1. The molecule has 1 aromatic heterocycles. The maximum absolute atomic E-state index is 13.4. The van der Waals surface area contributed by atoms with E-state index in [2.05, 4.69) is 10.6 Å². The average molecular weight is 338 g/mol. The van der Waals surface area contributed by atoms with Gasteiger partial charge in [-0.25, -0.2) is 9.18 Å². The standard InChI is InChI=1S/C16H19FN2O3S/c1-11(22-15-5-3-2-4-13(15)17)8-18-16(21)19-9-14(20)12-6-7-23-10-12/h2-7,10-11,14,20H,8-9H2,1H3,(H2,18,19,21)/t11-,14+/m0/s1. The number of para-hydroxylation sites is 1. The largest absolute Gasteiger partial charge is 0.486 e. The van der Waals surface area contributed by atoms with E-state index in [0.29, 0.717) is 0 Å². The van der Waals surface area contributed by atoms with Gasteiger partial charge in [-0.2, -0.15) is 11.3 Å². The number of aliphatic hydroxyl groups excluding tert-OH is 1. The highest BCUT2D eigenvalue weighted by Crippen LogP contribution is 2.17. The van der Waals surface area contributed by atoms with Gasteiger partial charge in [-0.15, -0.1) is 0 Å². The summed E-state index contributed by atoms with van der Waals surface area (Å²) in [5, 5.41) is 18.7. The van der Waals surface area contributed by atoms with Crippen LogP contribution in [0.2, 0.25) is 0 Å². The third-order valence-electron chi connectivity index (χ3n) is 3.10. The van der Waals surface area contributed by atoms with Crippen molar-refractivity contribution in [3.05, 3.63) is 52.5 Å². The quantitative estimate of drug-likeness (QED) is 0.727. The summed E-state index contributed by atoms with van der Waals surface area (Å²) < 4.78 is 18.9. The van der Waals surface area contributed by atoms with Gasteiger partial charge in [0.05, 0.1) is 12.6 Å². The SMILES string of the molecule is C[C@@H](CNC(=O)NC[C@@H](O)c1ccsc1)Oc1ccccc1F. The number of benzene rings is 1. The Kier molecular flexibility index (Phi) is 6.37.